The molecule has 0 radical (unpaired) electrons. The maximum absolute atomic E-state index is 12.9. The number of hydrogen-bond donors (Lipinski definition) is 3. The molecule has 0 heterocycles. The van der Waals surface area contributed by atoms with Crippen LogP contribution >= 0.6 is 11.6 Å². The summed E-state index contributed by atoms with van der Waals surface area (Å²) < 4.78 is 11.8. The fraction of sp³-hybridized carbons (Fsp3) is 0.739. The number of carbonyl (C=O) groups excluding carboxylic acids is 1. The maximum atomic E-state index is 12.9. The van der Waals surface area contributed by atoms with E-state index in [1.165, 1.54) is 70.6 Å². The molecule has 0 spiro atoms. The smallest absolute Gasteiger partial charge is 0.336 e. The molecule has 2 fully saturated rings. The number of carbonyl (C=O) groups is 2. The van der Waals surface area contributed by atoms with Crippen LogP contribution < -0.4 is 4.74 Å². The zero-order chi connectivity index (χ0) is 39.2. The molecule has 6 atom stereocenters. The van der Waals surface area contributed by atoms with Gasteiger partial charge in [-0.3, -0.25) is 4.79 Å². The molecule has 2 aliphatic carbocycles. The van der Waals surface area contributed by atoms with E-state index in [0.717, 1.165) is 38.5 Å². The van der Waals surface area contributed by atoms with Gasteiger partial charge in [0.05, 0.1) is 24.4 Å². The number of carboxylic acid groups (broad SMARTS) is 1. The third-order valence-electron chi connectivity index (χ3n) is 12.2. The molecule has 54 heavy (non-hydrogen) atoms. The van der Waals surface area contributed by atoms with E-state index in [1.807, 2.05) is 13.0 Å². The lowest BCUT2D eigenvalue weighted by molar-refractivity contribution is -0.149. The molecular weight excluding hydrogens is 700 g/mol. The van der Waals surface area contributed by atoms with E-state index in [0.29, 0.717) is 50.0 Å². The van der Waals surface area contributed by atoms with Crippen molar-refractivity contribution in [3.63, 3.8) is 0 Å². The minimum absolute atomic E-state index is 0.0433. The number of carboxylic acids is 1. The van der Waals surface area contributed by atoms with Gasteiger partial charge in [-0.1, -0.05) is 122 Å². The summed E-state index contributed by atoms with van der Waals surface area (Å²) in [6.45, 7) is 6.87. The van der Waals surface area contributed by atoms with Crippen molar-refractivity contribution in [2.24, 2.45) is 17.3 Å². The monoisotopic (exact) mass is 773 g/mol. The van der Waals surface area contributed by atoms with Gasteiger partial charge in [0, 0.05) is 23.3 Å². The molecule has 1 aromatic carbocycles. The molecule has 0 aliphatic heterocycles. The van der Waals surface area contributed by atoms with Gasteiger partial charge in [0.15, 0.2) is 0 Å². The van der Waals surface area contributed by atoms with E-state index in [-0.39, 0.29) is 46.7 Å². The molecule has 3 rings (SSSR count). The van der Waals surface area contributed by atoms with Gasteiger partial charge in [-0.25, -0.2) is 4.79 Å². The van der Waals surface area contributed by atoms with Crippen LogP contribution in [-0.2, 0) is 9.53 Å². The molecule has 3 N–H and O–H groups in total. The van der Waals surface area contributed by atoms with Gasteiger partial charge in [-0.2, -0.15) is 0 Å². The summed E-state index contributed by atoms with van der Waals surface area (Å²) in [7, 11) is 0. The number of benzene rings is 1. The molecule has 0 aromatic heterocycles. The summed E-state index contributed by atoms with van der Waals surface area (Å²) in [5.41, 5.74) is 0.648. The van der Waals surface area contributed by atoms with Crippen LogP contribution in [0.3, 0.4) is 0 Å². The van der Waals surface area contributed by atoms with Crippen LogP contribution in [0.4, 0.5) is 0 Å². The Balaban J connectivity index is 1.38. The highest BCUT2D eigenvalue weighted by molar-refractivity contribution is 6.21. The number of aliphatic hydroxyl groups is 2. The molecule has 306 valence electrons. The van der Waals surface area contributed by atoms with Gasteiger partial charge in [0.2, 0.25) is 0 Å². The van der Waals surface area contributed by atoms with Crippen LogP contribution in [-0.4, -0.2) is 51.5 Å². The largest absolute Gasteiger partial charge is 0.494 e. The quantitative estimate of drug-likeness (QED) is 0.0321. The standard InChI is InChI=1S/C46H73ClO7/c1-4-7-8-9-10-11-12-13-14-15-18-21-32-53-35-28-29-38(45(51)52)39(33-35)42(5-2)54-44(50)27-20-17-16-19-24-36-37(41(48)34-40(36)47)25-22-26-43(49)46(6-3)30-23-31-46/h16,19,22,25,28-29,33,36-37,40-43,48-49H,4-15,17-18,20-21,23-24,26-27,30-32,34H2,1-3H3,(H,51,52)/t36-,37-,40-,41-,42?,43+/m1/s1. The number of hydrogen-bond acceptors (Lipinski definition) is 6. The number of ether oxygens (including phenoxy) is 2. The Hall–Kier alpha value is -2.35. The van der Waals surface area contributed by atoms with E-state index in [2.05, 4.69) is 32.1 Å². The number of alkyl halides is 1. The number of allylic oxidation sites excluding steroid dienone is 2. The zero-order valence-corrected chi connectivity index (χ0v) is 34.6. The summed E-state index contributed by atoms with van der Waals surface area (Å²) in [6.07, 6.45) is 30.3. The number of esters is 1. The van der Waals surface area contributed by atoms with Crippen molar-refractivity contribution >= 4 is 23.5 Å². The van der Waals surface area contributed by atoms with Gasteiger partial charge in [0.25, 0.3) is 0 Å². The molecular formula is C46H73ClO7. The van der Waals surface area contributed by atoms with Crippen LogP contribution in [0.1, 0.15) is 190 Å². The molecule has 7 nitrogen and oxygen atoms in total. The topological polar surface area (TPSA) is 113 Å². The Bertz CT molecular complexity index is 1270. The Labute approximate surface area is 332 Å². The van der Waals surface area contributed by atoms with Crippen molar-refractivity contribution in [2.45, 2.75) is 192 Å². The van der Waals surface area contributed by atoms with Crippen molar-refractivity contribution in [1.29, 1.82) is 0 Å². The van der Waals surface area contributed by atoms with E-state index in [1.54, 1.807) is 18.2 Å². The van der Waals surface area contributed by atoms with Crippen LogP contribution in [0.5, 0.6) is 5.75 Å². The zero-order valence-electron chi connectivity index (χ0n) is 33.8. The van der Waals surface area contributed by atoms with E-state index < -0.39 is 18.2 Å². The molecule has 0 saturated heterocycles. The van der Waals surface area contributed by atoms with Crippen LogP contribution in [0.15, 0.2) is 42.5 Å². The molecule has 0 bridgehead atoms. The normalized spacial score (nSPS) is 22.0. The summed E-state index contributed by atoms with van der Waals surface area (Å²) in [6, 6.07) is 4.96. The number of aromatic carboxylic acids is 1. The highest BCUT2D eigenvalue weighted by Gasteiger charge is 2.42. The van der Waals surface area contributed by atoms with Crippen LogP contribution in [0, 0.1) is 17.3 Å². The van der Waals surface area contributed by atoms with Crippen molar-refractivity contribution < 1.29 is 34.4 Å². The second-order valence-corrected chi connectivity index (χ2v) is 16.6. The Morgan fingerprint density at radius 2 is 1.59 bits per heavy atom. The highest BCUT2D eigenvalue weighted by atomic mass is 35.5. The average Bonchev–Trinajstić information content (AvgIpc) is 3.40. The first-order valence-corrected chi connectivity index (χ1v) is 22.1. The fourth-order valence-corrected chi connectivity index (χ4v) is 8.83. The van der Waals surface area contributed by atoms with Gasteiger partial charge in [0.1, 0.15) is 11.9 Å². The lowest BCUT2D eigenvalue weighted by Gasteiger charge is -2.45. The lowest BCUT2D eigenvalue weighted by atomic mass is 9.63. The molecule has 0 amide bonds. The van der Waals surface area contributed by atoms with Gasteiger partial charge < -0.3 is 24.8 Å². The van der Waals surface area contributed by atoms with Gasteiger partial charge in [-0.05, 0) is 93.7 Å². The SMILES string of the molecule is CCCCCCCCCCCCCCOc1ccc(C(=O)O)c(C(CC)OC(=O)CCCC=CC[C@@H]2[C@@H](C=CC[C@H](O)C3(CC)CCC3)[C@H](O)C[C@H]2Cl)c1. The van der Waals surface area contributed by atoms with E-state index in [4.69, 9.17) is 21.1 Å². The Morgan fingerprint density at radius 3 is 2.19 bits per heavy atom. The van der Waals surface area contributed by atoms with Crippen molar-refractivity contribution in [3.8, 4) is 5.75 Å². The minimum atomic E-state index is -1.06. The molecule has 8 heteroatoms. The third-order valence-corrected chi connectivity index (χ3v) is 12.7. The van der Waals surface area contributed by atoms with E-state index >= 15 is 0 Å². The minimum Gasteiger partial charge on any atom is -0.494 e. The second-order valence-electron chi connectivity index (χ2n) is 16.1. The first kappa shape index (κ1) is 46.0. The predicted octanol–water partition coefficient (Wildman–Crippen LogP) is 12.1. The van der Waals surface area contributed by atoms with Gasteiger partial charge >= 0.3 is 11.9 Å². The predicted molar refractivity (Wildman–Crippen MR) is 220 cm³/mol. The molecule has 1 aromatic rings. The fourth-order valence-electron chi connectivity index (χ4n) is 8.38. The third kappa shape index (κ3) is 15.3. The number of rotatable bonds is 29. The highest BCUT2D eigenvalue weighted by Crippen LogP contribution is 2.48. The summed E-state index contributed by atoms with van der Waals surface area (Å²) in [4.78, 5) is 24.9. The van der Waals surface area contributed by atoms with Crippen LogP contribution in [0.2, 0.25) is 0 Å². The maximum Gasteiger partial charge on any atom is 0.336 e. The van der Waals surface area contributed by atoms with Crippen LogP contribution in [0.25, 0.3) is 0 Å². The second kappa shape index (κ2) is 25.7. The Kier molecular flexibility index (Phi) is 21.9. The summed E-state index contributed by atoms with van der Waals surface area (Å²) >= 11 is 6.66. The van der Waals surface area contributed by atoms with Crippen molar-refractivity contribution in [1.82, 2.24) is 0 Å². The van der Waals surface area contributed by atoms with Gasteiger partial charge in [-0.15, -0.1) is 11.6 Å². The molecule has 1 unspecified atom stereocenters. The Morgan fingerprint density at radius 1 is 0.926 bits per heavy atom. The number of aliphatic hydroxyl groups excluding tert-OH is 2. The summed E-state index contributed by atoms with van der Waals surface area (Å²) in [5.74, 6) is -0.745. The molecule has 2 saturated carbocycles. The number of unbranched alkanes of at least 4 members (excludes halogenated alkanes) is 12. The molecule has 2 aliphatic rings. The average molecular weight is 774 g/mol. The first-order chi connectivity index (χ1) is 26.2. The first-order valence-electron chi connectivity index (χ1n) is 21.7. The number of halogens is 1. The van der Waals surface area contributed by atoms with Crippen molar-refractivity contribution in [2.75, 3.05) is 6.61 Å². The summed E-state index contributed by atoms with van der Waals surface area (Å²) in [5, 5.41) is 31.2. The van der Waals surface area contributed by atoms with Crippen molar-refractivity contribution in [3.05, 3.63) is 53.6 Å². The van der Waals surface area contributed by atoms with E-state index in [9.17, 15) is 24.9 Å². The lowest BCUT2D eigenvalue weighted by Crippen LogP contribution is -2.40.